The number of carbonyl (C=O) groups is 1. The molecule has 33 heavy (non-hydrogen) atoms. The number of nitrogens with zero attached hydrogens (tertiary/aromatic N) is 1. The molecule has 0 bridgehead atoms. The molecule has 184 valence electrons. The van der Waals surface area contributed by atoms with Crippen LogP contribution in [0, 0.1) is 18.3 Å². The number of fused-ring (bicyclic) bond motifs is 2. The molecule has 1 aliphatic carbocycles. The molecular formula is C28H45N3OS. The van der Waals surface area contributed by atoms with Crippen molar-refractivity contribution in [3.05, 3.63) is 52.1 Å². The Labute approximate surface area is 206 Å². The number of nitrogens with one attached hydrogen (secondary N) is 2. The molecule has 0 saturated heterocycles. The van der Waals surface area contributed by atoms with Gasteiger partial charge in [0.05, 0.1) is 0 Å². The predicted molar refractivity (Wildman–Crippen MR) is 146 cm³/mol. The summed E-state index contributed by atoms with van der Waals surface area (Å²) in [5.74, 6) is 0.809. The summed E-state index contributed by atoms with van der Waals surface area (Å²) in [5.41, 5.74) is 4.66. The zero-order valence-corrected chi connectivity index (χ0v) is 22.9. The molecule has 1 aliphatic rings. The van der Waals surface area contributed by atoms with Crippen LogP contribution in [0.25, 0.3) is 10.2 Å². The van der Waals surface area contributed by atoms with Gasteiger partial charge in [-0.05, 0) is 83.0 Å². The van der Waals surface area contributed by atoms with Crippen molar-refractivity contribution < 1.29 is 4.79 Å². The Morgan fingerprint density at radius 2 is 2.00 bits per heavy atom. The van der Waals surface area contributed by atoms with Crippen LogP contribution in [-0.2, 0) is 17.6 Å². The third kappa shape index (κ3) is 10.2. The highest BCUT2D eigenvalue weighted by atomic mass is 32.1. The van der Waals surface area contributed by atoms with Crippen molar-refractivity contribution in [2.24, 2.45) is 11.3 Å². The average molecular weight is 472 g/mol. The van der Waals surface area contributed by atoms with Gasteiger partial charge in [-0.25, -0.2) is 4.98 Å². The highest BCUT2D eigenvalue weighted by Gasteiger charge is 2.31. The Morgan fingerprint density at radius 3 is 2.55 bits per heavy atom. The first-order valence-corrected chi connectivity index (χ1v) is 13.0. The van der Waals surface area contributed by atoms with Crippen LogP contribution in [-0.4, -0.2) is 31.5 Å². The molecule has 2 aromatic rings. The second kappa shape index (κ2) is 15.0. The van der Waals surface area contributed by atoms with Gasteiger partial charge in [0.2, 0.25) is 6.41 Å². The van der Waals surface area contributed by atoms with Crippen molar-refractivity contribution >= 4 is 28.0 Å². The summed E-state index contributed by atoms with van der Waals surface area (Å²) < 4.78 is 0. The maximum Gasteiger partial charge on any atom is 0.207 e. The molecule has 3 rings (SSSR count). The van der Waals surface area contributed by atoms with E-state index in [4.69, 9.17) is 4.98 Å². The summed E-state index contributed by atoms with van der Waals surface area (Å²) in [6, 6.07) is 4.68. The minimum Gasteiger partial charge on any atom is -0.357 e. The van der Waals surface area contributed by atoms with E-state index in [-0.39, 0.29) is 0 Å². The van der Waals surface area contributed by atoms with Crippen LogP contribution in [0.5, 0.6) is 0 Å². The lowest BCUT2D eigenvalue weighted by atomic mass is 9.69. The molecule has 0 aliphatic heterocycles. The van der Waals surface area contributed by atoms with Crippen LogP contribution in [0.4, 0.5) is 0 Å². The fourth-order valence-electron chi connectivity index (χ4n) is 3.75. The van der Waals surface area contributed by atoms with E-state index in [0.717, 1.165) is 18.9 Å². The molecule has 0 aromatic carbocycles. The van der Waals surface area contributed by atoms with Crippen molar-refractivity contribution in [1.82, 2.24) is 15.6 Å². The van der Waals surface area contributed by atoms with Crippen molar-refractivity contribution in [3.8, 4) is 0 Å². The van der Waals surface area contributed by atoms with E-state index in [1.165, 1.54) is 51.2 Å². The molecule has 2 aromatic heterocycles. The number of amides is 1. The van der Waals surface area contributed by atoms with E-state index in [1.54, 1.807) is 0 Å². The number of hydrogen-bond acceptors (Lipinski definition) is 4. The number of aryl methyl sites for hydroxylation is 2. The molecule has 4 nitrogen and oxygen atoms in total. The highest BCUT2D eigenvalue weighted by molar-refractivity contribution is 7.18. The van der Waals surface area contributed by atoms with Gasteiger partial charge in [0, 0.05) is 29.0 Å². The summed E-state index contributed by atoms with van der Waals surface area (Å²) in [7, 11) is 1.84. The Kier molecular flexibility index (Phi) is 13.2. The van der Waals surface area contributed by atoms with E-state index in [2.05, 4.69) is 70.4 Å². The first-order chi connectivity index (χ1) is 15.7. The van der Waals surface area contributed by atoms with Crippen molar-refractivity contribution in [3.63, 3.8) is 0 Å². The lowest BCUT2D eigenvalue weighted by molar-refractivity contribution is -0.109. The summed E-state index contributed by atoms with van der Waals surface area (Å²) in [6.45, 7) is 17.1. The average Bonchev–Trinajstić information content (AvgIpc) is 3.15. The number of likely N-dealkylation sites (N-methyl/N-ethyl adjacent to an activating group) is 1. The Bertz CT molecular complexity index is 907. The number of aromatic nitrogens is 1. The normalized spacial score (nSPS) is 15.1. The third-order valence-corrected chi connectivity index (χ3v) is 7.20. The van der Waals surface area contributed by atoms with Crippen LogP contribution in [0.2, 0.25) is 0 Å². The largest absolute Gasteiger partial charge is 0.357 e. The maximum atomic E-state index is 9.54. The molecule has 2 N–H and O–H groups in total. The number of hydrogen-bond donors (Lipinski definition) is 2. The van der Waals surface area contributed by atoms with Crippen LogP contribution >= 0.6 is 11.3 Å². The fourth-order valence-corrected chi connectivity index (χ4v) is 4.63. The number of rotatable bonds is 7. The number of carbonyl (C=O) groups excluding carboxylic acids is 1. The van der Waals surface area contributed by atoms with Gasteiger partial charge in [-0.1, -0.05) is 51.0 Å². The predicted octanol–water partition coefficient (Wildman–Crippen LogP) is 6.63. The van der Waals surface area contributed by atoms with Gasteiger partial charge in [-0.3, -0.25) is 4.79 Å². The topological polar surface area (TPSA) is 54.0 Å². The number of thiophene rings is 1. The Balaban J connectivity index is 0.000000324. The first-order valence-electron chi connectivity index (χ1n) is 12.1. The SMILES string of the molecule is C/C=C\C=C(C)C.CCC(C)(C)C1CCc2nc3sc(C)cc3cc2C1.CNCCNC=O. The maximum absolute atomic E-state index is 9.54. The minimum atomic E-state index is 0.456. The molecule has 0 spiro atoms. The van der Waals surface area contributed by atoms with Gasteiger partial charge in [0.15, 0.2) is 0 Å². The second-order valence-corrected chi connectivity index (χ2v) is 10.8. The summed E-state index contributed by atoms with van der Waals surface area (Å²) in [5, 5.41) is 6.73. The Hall–Kier alpha value is -1.98. The molecule has 1 unspecified atom stereocenters. The van der Waals surface area contributed by atoms with Crippen LogP contribution in [0.3, 0.4) is 0 Å². The van der Waals surface area contributed by atoms with E-state index < -0.39 is 0 Å². The molecule has 0 fully saturated rings. The molecular weight excluding hydrogens is 426 g/mol. The molecule has 0 radical (unpaired) electrons. The van der Waals surface area contributed by atoms with Crippen molar-refractivity contribution in [2.45, 2.75) is 74.1 Å². The van der Waals surface area contributed by atoms with Crippen molar-refractivity contribution in [1.29, 1.82) is 0 Å². The molecule has 1 atom stereocenters. The zero-order chi connectivity index (χ0) is 24.9. The monoisotopic (exact) mass is 471 g/mol. The molecule has 1 amide bonds. The highest BCUT2D eigenvalue weighted by Crippen LogP contribution is 2.40. The number of pyridine rings is 1. The molecule has 0 saturated carbocycles. The smallest absolute Gasteiger partial charge is 0.207 e. The van der Waals surface area contributed by atoms with Gasteiger partial charge in [-0.15, -0.1) is 11.3 Å². The summed E-state index contributed by atoms with van der Waals surface area (Å²) >= 11 is 1.82. The zero-order valence-electron chi connectivity index (χ0n) is 22.0. The van der Waals surface area contributed by atoms with Gasteiger partial charge >= 0.3 is 0 Å². The standard InChI is InChI=1S/C17H23NS.C7H12.C4H10N2O/c1-5-17(3,4)14-6-7-15-12(10-14)9-13-8-11(2)19-16(13)18-15;1-4-5-6-7(2)3;1-5-2-3-6-4-7/h8-9,14H,5-7,10H2,1-4H3;4-6H,1-3H3;4-5H,2-3H2,1H3,(H,6,7)/b;5-4-;. The van der Waals surface area contributed by atoms with E-state index in [9.17, 15) is 4.79 Å². The van der Waals surface area contributed by atoms with E-state index >= 15 is 0 Å². The van der Waals surface area contributed by atoms with Gasteiger partial charge < -0.3 is 10.6 Å². The summed E-state index contributed by atoms with van der Waals surface area (Å²) in [4.78, 5) is 17.0. The quantitative estimate of drug-likeness (QED) is 0.271. The van der Waals surface area contributed by atoms with Gasteiger partial charge in [-0.2, -0.15) is 0 Å². The fraction of sp³-hybridized carbons (Fsp3) is 0.571. The lowest BCUT2D eigenvalue weighted by Crippen LogP contribution is -2.29. The van der Waals surface area contributed by atoms with Crippen LogP contribution < -0.4 is 10.6 Å². The van der Waals surface area contributed by atoms with Gasteiger partial charge in [0.25, 0.3) is 0 Å². The minimum absolute atomic E-state index is 0.456. The first kappa shape index (κ1) is 29.1. The van der Waals surface area contributed by atoms with E-state index in [1.807, 2.05) is 37.5 Å². The van der Waals surface area contributed by atoms with Crippen molar-refractivity contribution in [2.75, 3.05) is 20.1 Å². The number of allylic oxidation sites excluding steroid dienone is 4. The molecule has 2 heterocycles. The van der Waals surface area contributed by atoms with E-state index in [0.29, 0.717) is 18.4 Å². The third-order valence-electron chi connectivity index (χ3n) is 6.24. The van der Waals surface area contributed by atoms with Crippen LogP contribution in [0.15, 0.2) is 35.9 Å². The lowest BCUT2D eigenvalue weighted by Gasteiger charge is -2.36. The second-order valence-electron chi connectivity index (χ2n) is 9.57. The summed E-state index contributed by atoms with van der Waals surface area (Å²) in [6.07, 6.45) is 11.8. The Morgan fingerprint density at radius 1 is 1.27 bits per heavy atom. The molecule has 5 heteroatoms. The van der Waals surface area contributed by atoms with Crippen LogP contribution in [0.1, 0.15) is 70.5 Å². The van der Waals surface area contributed by atoms with Gasteiger partial charge in [0.1, 0.15) is 4.83 Å².